The van der Waals surface area contributed by atoms with Gasteiger partial charge in [0.1, 0.15) is 11.8 Å². The molecule has 3 amide bonds. The molecular formula is C36H54N4O6S2. The number of hydrogen-bond acceptors (Lipinski definition) is 8. The van der Waals surface area contributed by atoms with Gasteiger partial charge in [-0.3, -0.25) is 14.4 Å². The van der Waals surface area contributed by atoms with Crippen LogP contribution >= 0.6 is 12.6 Å². The van der Waals surface area contributed by atoms with Gasteiger partial charge in [-0.05, 0) is 62.1 Å². The number of carbonyl (C=O) groups excluding carboxylic acids is 3. The van der Waals surface area contributed by atoms with E-state index in [2.05, 4.69) is 28.0 Å². The Hall–Kier alpha value is -3.35. The Morgan fingerprint density at radius 2 is 1.52 bits per heavy atom. The molecule has 48 heavy (non-hydrogen) atoms. The molecule has 2 rings (SSSR count). The van der Waals surface area contributed by atoms with Gasteiger partial charge in [0, 0.05) is 23.8 Å². The average Bonchev–Trinajstić information content (AvgIpc) is 3.00. The van der Waals surface area contributed by atoms with Crippen LogP contribution in [0.5, 0.6) is 5.75 Å². The first-order chi connectivity index (χ1) is 22.2. The third-order valence-electron chi connectivity index (χ3n) is 8.45. The van der Waals surface area contributed by atoms with Crippen LogP contribution in [0.1, 0.15) is 66.5 Å². The number of thiol groups is 1. The topological polar surface area (TPSA) is 134 Å². The fraction of sp³-hybridized carbons (Fsp3) is 0.528. The monoisotopic (exact) mass is 702 g/mol. The van der Waals surface area contributed by atoms with Crippen LogP contribution in [0.15, 0.2) is 65.1 Å². The minimum absolute atomic E-state index is 0.0240. The zero-order valence-corrected chi connectivity index (χ0v) is 31.9. The van der Waals surface area contributed by atoms with E-state index < -0.39 is 44.9 Å². The highest BCUT2D eigenvalue weighted by Gasteiger charge is 2.41. The summed E-state index contributed by atoms with van der Waals surface area (Å²) in [5, 5.41) is 6.17. The largest absolute Gasteiger partial charge is 0.493 e. The van der Waals surface area contributed by atoms with Crippen LogP contribution in [-0.2, 0) is 29.8 Å². The van der Waals surface area contributed by atoms with Crippen LogP contribution < -0.4 is 20.1 Å². The number of ether oxygens (including phenoxy) is 1. The summed E-state index contributed by atoms with van der Waals surface area (Å²) in [4.78, 5) is 42.6. The van der Waals surface area contributed by atoms with Crippen LogP contribution in [0, 0.1) is 18.3 Å². The van der Waals surface area contributed by atoms with Gasteiger partial charge in [-0.25, -0.2) is 13.1 Å². The highest BCUT2D eigenvalue weighted by molar-refractivity contribution is 7.90. The van der Waals surface area contributed by atoms with Gasteiger partial charge in [-0.15, -0.1) is 0 Å². The lowest BCUT2D eigenvalue weighted by molar-refractivity contribution is -0.140. The highest BCUT2D eigenvalue weighted by atomic mass is 32.2. The van der Waals surface area contributed by atoms with E-state index >= 15 is 0 Å². The maximum atomic E-state index is 14.2. The maximum Gasteiger partial charge on any atom is 0.264 e. The third kappa shape index (κ3) is 10.6. The maximum absolute atomic E-state index is 14.2. The molecule has 0 heterocycles. The molecule has 3 atom stereocenters. The number of nitrogens with one attached hydrogen (secondary N) is 3. The van der Waals surface area contributed by atoms with Crippen molar-refractivity contribution in [2.45, 2.75) is 90.7 Å². The molecule has 0 aliphatic carbocycles. The second-order valence-corrected chi connectivity index (χ2v) is 16.3. The molecule has 12 heteroatoms. The second kappa shape index (κ2) is 16.8. The Bertz CT molecular complexity index is 1550. The van der Waals surface area contributed by atoms with Gasteiger partial charge >= 0.3 is 0 Å². The molecule has 0 unspecified atom stereocenters. The average molecular weight is 703 g/mol. The van der Waals surface area contributed by atoms with Crippen molar-refractivity contribution in [3.8, 4) is 5.75 Å². The summed E-state index contributed by atoms with van der Waals surface area (Å²) >= 11 is 4.18. The SMILES string of the molecule is CN[C@H](C(=O)N[C@H](C(=O)N(C)[C@H](/C=C(\C)C(=O)NS(=O)(=O)c1ccc(C)cc1)C(C)C)C(C)(C)C)C(C)(C)c1ccc(OCCS)cc1. The summed E-state index contributed by atoms with van der Waals surface area (Å²) < 4.78 is 33.4. The molecule has 0 saturated heterocycles. The van der Waals surface area contributed by atoms with E-state index in [1.165, 1.54) is 24.0 Å². The van der Waals surface area contributed by atoms with Gasteiger partial charge in [-0.2, -0.15) is 12.6 Å². The van der Waals surface area contributed by atoms with Crippen molar-refractivity contribution < 1.29 is 27.5 Å². The number of rotatable bonds is 15. The minimum atomic E-state index is -4.09. The molecule has 0 saturated carbocycles. The number of sulfonamides is 1. The Kier molecular flexibility index (Phi) is 14.3. The van der Waals surface area contributed by atoms with Crippen molar-refractivity contribution in [1.82, 2.24) is 20.3 Å². The van der Waals surface area contributed by atoms with Crippen LogP contribution in [0.2, 0.25) is 0 Å². The molecule has 3 N–H and O–H groups in total. The molecule has 0 spiro atoms. The molecular weight excluding hydrogens is 649 g/mol. The van der Waals surface area contributed by atoms with Gasteiger partial charge in [0.05, 0.1) is 23.6 Å². The Labute approximate surface area is 292 Å². The molecule has 0 aliphatic heterocycles. The number of amides is 3. The number of benzene rings is 2. The second-order valence-electron chi connectivity index (χ2n) is 14.1. The van der Waals surface area contributed by atoms with E-state index in [1.807, 2.05) is 79.7 Å². The number of aryl methyl sites for hydroxylation is 1. The summed E-state index contributed by atoms with van der Waals surface area (Å²) in [5.74, 6) is -0.304. The fourth-order valence-corrected chi connectivity index (χ4v) is 6.53. The van der Waals surface area contributed by atoms with Gasteiger partial charge < -0.3 is 20.3 Å². The van der Waals surface area contributed by atoms with E-state index in [0.29, 0.717) is 18.1 Å². The lowest BCUT2D eigenvalue weighted by atomic mass is 9.76. The standard InChI is InChI=1S/C36H54N4O6S2/c1-23(2)29(22-25(4)32(41)39-48(44,45)28-18-12-24(3)13-19-28)40(11)34(43)31(35(5,6)7)38-33(42)30(37-10)36(8,9)26-14-16-27(17-15-26)46-20-21-47/h12-19,22-23,29-31,37,47H,20-21H2,1-11H3,(H,38,42)(H,39,41)/b25-22+/t29-,30-,31-/m1/s1. The number of nitrogens with zero attached hydrogens (tertiary/aromatic N) is 1. The summed E-state index contributed by atoms with van der Waals surface area (Å²) in [7, 11) is -0.757. The highest BCUT2D eigenvalue weighted by Crippen LogP contribution is 2.30. The predicted molar refractivity (Wildman–Crippen MR) is 195 cm³/mol. The molecule has 266 valence electrons. The smallest absolute Gasteiger partial charge is 0.264 e. The third-order valence-corrected chi connectivity index (χ3v) is 9.98. The van der Waals surface area contributed by atoms with Crippen LogP contribution in [0.4, 0.5) is 0 Å². The van der Waals surface area contributed by atoms with Crippen molar-refractivity contribution in [2.24, 2.45) is 11.3 Å². The van der Waals surface area contributed by atoms with Gasteiger partial charge in [-0.1, -0.05) is 84.4 Å². The van der Waals surface area contributed by atoms with E-state index in [9.17, 15) is 22.8 Å². The van der Waals surface area contributed by atoms with Crippen molar-refractivity contribution in [1.29, 1.82) is 0 Å². The number of carbonyl (C=O) groups is 3. The number of likely N-dealkylation sites (N-methyl/N-ethyl adjacent to an activating group) is 2. The summed E-state index contributed by atoms with van der Waals surface area (Å²) in [5.41, 5.74) is 0.605. The van der Waals surface area contributed by atoms with E-state index in [0.717, 1.165) is 11.1 Å². The molecule has 0 fully saturated rings. The van der Waals surface area contributed by atoms with Crippen LogP contribution in [0.3, 0.4) is 0 Å². The molecule has 10 nitrogen and oxygen atoms in total. The minimum Gasteiger partial charge on any atom is -0.493 e. The lowest BCUT2D eigenvalue weighted by Gasteiger charge is -2.40. The van der Waals surface area contributed by atoms with Crippen molar-refractivity contribution in [2.75, 3.05) is 26.5 Å². The Morgan fingerprint density at radius 3 is 2.00 bits per heavy atom. The molecule has 0 aliphatic rings. The summed E-state index contributed by atoms with van der Waals surface area (Å²) in [6.07, 6.45) is 1.59. The van der Waals surface area contributed by atoms with E-state index in [4.69, 9.17) is 4.74 Å². The Balaban J connectivity index is 2.32. The molecule has 2 aromatic rings. The normalized spacial score (nSPS) is 14.6. The van der Waals surface area contributed by atoms with Crippen molar-refractivity contribution in [3.63, 3.8) is 0 Å². The zero-order valence-electron chi connectivity index (χ0n) is 30.2. The van der Waals surface area contributed by atoms with Gasteiger partial charge in [0.15, 0.2) is 0 Å². The molecule has 0 bridgehead atoms. The Morgan fingerprint density at radius 1 is 0.958 bits per heavy atom. The van der Waals surface area contributed by atoms with Crippen LogP contribution in [0.25, 0.3) is 0 Å². The zero-order chi connectivity index (χ0) is 36.6. The van der Waals surface area contributed by atoms with Crippen LogP contribution in [-0.4, -0.2) is 75.6 Å². The first kappa shape index (κ1) is 40.8. The van der Waals surface area contributed by atoms with E-state index in [1.54, 1.807) is 32.3 Å². The summed E-state index contributed by atoms with van der Waals surface area (Å²) in [6, 6.07) is 11.6. The lowest BCUT2D eigenvalue weighted by Crippen LogP contribution is -2.61. The quantitative estimate of drug-likeness (QED) is 0.157. The molecule has 2 aromatic carbocycles. The van der Waals surface area contributed by atoms with Gasteiger partial charge in [0.2, 0.25) is 11.8 Å². The molecule has 0 aromatic heterocycles. The summed E-state index contributed by atoms with van der Waals surface area (Å²) in [6.45, 7) is 17.2. The van der Waals surface area contributed by atoms with Crippen molar-refractivity contribution in [3.05, 3.63) is 71.3 Å². The molecule has 0 radical (unpaired) electrons. The first-order valence-corrected chi connectivity index (χ1v) is 18.2. The first-order valence-electron chi connectivity index (χ1n) is 16.1. The van der Waals surface area contributed by atoms with Crippen molar-refractivity contribution >= 4 is 40.4 Å². The predicted octanol–water partition coefficient (Wildman–Crippen LogP) is 4.63. The fourth-order valence-electron chi connectivity index (χ4n) is 5.42. The van der Waals surface area contributed by atoms with Gasteiger partial charge in [0.25, 0.3) is 15.9 Å². The van der Waals surface area contributed by atoms with E-state index in [-0.39, 0.29) is 28.2 Å². The number of hydrogen-bond donors (Lipinski definition) is 4.